The lowest BCUT2D eigenvalue weighted by molar-refractivity contribution is 0.0248. The van der Waals surface area contributed by atoms with Crippen LogP contribution in [0.5, 0.6) is 0 Å². The SMILES string of the molecule is CCCOC1CCC(c2cccc(F)c2F)CC1. The molecular weight excluding hydrogens is 234 g/mol. The highest BCUT2D eigenvalue weighted by molar-refractivity contribution is 5.23. The first-order chi connectivity index (χ1) is 8.72. The molecule has 1 nitrogen and oxygen atoms in total. The predicted molar refractivity (Wildman–Crippen MR) is 67.6 cm³/mol. The number of benzene rings is 1. The zero-order valence-corrected chi connectivity index (χ0v) is 10.8. The Morgan fingerprint density at radius 3 is 2.56 bits per heavy atom. The number of ether oxygens (including phenoxy) is 1. The summed E-state index contributed by atoms with van der Waals surface area (Å²) in [5, 5.41) is 0. The van der Waals surface area contributed by atoms with E-state index in [1.165, 1.54) is 6.07 Å². The topological polar surface area (TPSA) is 9.23 Å². The Kier molecular flexibility index (Phi) is 4.70. The van der Waals surface area contributed by atoms with Crippen molar-refractivity contribution in [3.05, 3.63) is 35.4 Å². The normalized spacial score (nSPS) is 24.2. The maximum atomic E-state index is 13.7. The molecule has 18 heavy (non-hydrogen) atoms. The van der Waals surface area contributed by atoms with E-state index in [4.69, 9.17) is 4.74 Å². The summed E-state index contributed by atoms with van der Waals surface area (Å²) in [6.07, 6.45) is 4.99. The highest BCUT2D eigenvalue weighted by atomic mass is 19.2. The summed E-state index contributed by atoms with van der Waals surface area (Å²) in [5.41, 5.74) is 0.531. The summed E-state index contributed by atoms with van der Waals surface area (Å²) >= 11 is 0. The van der Waals surface area contributed by atoms with Crippen LogP contribution in [0.3, 0.4) is 0 Å². The summed E-state index contributed by atoms with van der Waals surface area (Å²) < 4.78 is 32.6. The molecule has 0 atom stereocenters. The Morgan fingerprint density at radius 2 is 1.89 bits per heavy atom. The number of halogens is 2. The van der Waals surface area contributed by atoms with Crippen molar-refractivity contribution in [2.24, 2.45) is 0 Å². The number of hydrogen-bond donors (Lipinski definition) is 0. The average Bonchev–Trinajstić information content (AvgIpc) is 2.40. The fraction of sp³-hybridized carbons (Fsp3) is 0.600. The maximum Gasteiger partial charge on any atom is 0.162 e. The van der Waals surface area contributed by atoms with E-state index in [0.29, 0.717) is 11.7 Å². The Balaban J connectivity index is 1.95. The highest BCUT2D eigenvalue weighted by Gasteiger charge is 2.25. The Morgan fingerprint density at radius 1 is 1.17 bits per heavy atom. The van der Waals surface area contributed by atoms with Gasteiger partial charge in [0.1, 0.15) is 0 Å². The van der Waals surface area contributed by atoms with Crippen LogP contribution in [0.2, 0.25) is 0 Å². The molecule has 1 aromatic carbocycles. The highest BCUT2D eigenvalue weighted by Crippen LogP contribution is 2.35. The smallest absolute Gasteiger partial charge is 0.162 e. The van der Waals surface area contributed by atoms with E-state index >= 15 is 0 Å². The molecule has 0 aliphatic heterocycles. The van der Waals surface area contributed by atoms with Gasteiger partial charge >= 0.3 is 0 Å². The molecule has 0 unspecified atom stereocenters. The summed E-state index contributed by atoms with van der Waals surface area (Å²) in [5.74, 6) is -1.27. The van der Waals surface area contributed by atoms with Gasteiger partial charge in [0.25, 0.3) is 0 Å². The second-order valence-electron chi connectivity index (χ2n) is 4.99. The van der Waals surface area contributed by atoms with Crippen LogP contribution in [0, 0.1) is 11.6 Å². The average molecular weight is 254 g/mol. The van der Waals surface area contributed by atoms with Gasteiger partial charge in [0.2, 0.25) is 0 Å². The van der Waals surface area contributed by atoms with E-state index in [1.54, 1.807) is 12.1 Å². The standard InChI is InChI=1S/C15H20F2O/c1-2-10-18-12-8-6-11(7-9-12)13-4-3-5-14(16)15(13)17/h3-5,11-12H,2,6-10H2,1H3. The third-order valence-electron chi connectivity index (χ3n) is 3.65. The van der Waals surface area contributed by atoms with E-state index in [0.717, 1.165) is 38.7 Å². The Hall–Kier alpha value is -0.960. The van der Waals surface area contributed by atoms with Crippen molar-refractivity contribution in [1.29, 1.82) is 0 Å². The summed E-state index contributed by atoms with van der Waals surface area (Å²) in [6, 6.07) is 4.47. The lowest BCUT2D eigenvalue weighted by Crippen LogP contribution is -2.21. The largest absolute Gasteiger partial charge is 0.378 e. The first-order valence-corrected chi connectivity index (χ1v) is 6.78. The molecule has 1 fully saturated rings. The molecule has 1 aromatic rings. The lowest BCUT2D eigenvalue weighted by atomic mass is 9.82. The summed E-state index contributed by atoms with van der Waals surface area (Å²) in [7, 11) is 0. The molecule has 0 N–H and O–H groups in total. The third kappa shape index (κ3) is 3.08. The van der Waals surface area contributed by atoms with Crippen LogP contribution in [0.4, 0.5) is 8.78 Å². The maximum absolute atomic E-state index is 13.7. The first kappa shape index (κ1) is 13.5. The second-order valence-corrected chi connectivity index (χ2v) is 4.99. The minimum Gasteiger partial charge on any atom is -0.378 e. The van der Waals surface area contributed by atoms with Crippen molar-refractivity contribution in [2.45, 2.75) is 51.0 Å². The van der Waals surface area contributed by atoms with Gasteiger partial charge in [-0.05, 0) is 49.7 Å². The molecule has 0 aromatic heterocycles. The molecule has 1 aliphatic carbocycles. The van der Waals surface area contributed by atoms with E-state index < -0.39 is 11.6 Å². The van der Waals surface area contributed by atoms with E-state index in [9.17, 15) is 8.78 Å². The molecule has 0 spiro atoms. The van der Waals surface area contributed by atoms with Gasteiger partial charge in [0.15, 0.2) is 11.6 Å². The van der Waals surface area contributed by atoms with Crippen LogP contribution in [0.15, 0.2) is 18.2 Å². The van der Waals surface area contributed by atoms with Gasteiger partial charge in [-0.1, -0.05) is 19.1 Å². The van der Waals surface area contributed by atoms with Crippen LogP contribution in [-0.4, -0.2) is 12.7 Å². The van der Waals surface area contributed by atoms with Gasteiger partial charge in [-0.25, -0.2) is 8.78 Å². The molecule has 0 saturated heterocycles. The van der Waals surface area contributed by atoms with Crippen LogP contribution in [-0.2, 0) is 4.74 Å². The van der Waals surface area contributed by atoms with Crippen molar-refractivity contribution in [3.8, 4) is 0 Å². The van der Waals surface area contributed by atoms with Crippen molar-refractivity contribution in [1.82, 2.24) is 0 Å². The van der Waals surface area contributed by atoms with E-state index in [1.807, 2.05) is 0 Å². The second kappa shape index (κ2) is 6.28. The minimum absolute atomic E-state index is 0.141. The van der Waals surface area contributed by atoms with E-state index in [2.05, 4.69) is 6.92 Å². The molecule has 100 valence electrons. The first-order valence-electron chi connectivity index (χ1n) is 6.78. The third-order valence-corrected chi connectivity index (χ3v) is 3.65. The zero-order valence-electron chi connectivity index (χ0n) is 10.8. The fourth-order valence-electron chi connectivity index (χ4n) is 2.66. The van der Waals surface area contributed by atoms with Crippen molar-refractivity contribution < 1.29 is 13.5 Å². The molecule has 2 rings (SSSR count). The van der Waals surface area contributed by atoms with Crippen molar-refractivity contribution in [3.63, 3.8) is 0 Å². The summed E-state index contributed by atoms with van der Waals surface area (Å²) in [4.78, 5) is 0. The number of rotatable bonds is 4. The molecule has 0 bridgehead atoms. The van der Waals surface area contributed by atoms with Crippen molar-refractivity contribution >= 4 is 0 Å². The van der Waals surface area contributed by atoms with Gasteiger partial charge in [0.05, 0.1) is 6.10 Å². The van der Waals surface area contributed by atoms with Gasteiger partial charge < -0.3 is 4.74 Å². The quantitative estimate of drug-likeness (QED) is 0.773. The monoisotopic (exact) mass is 254 g/mol. The van der Waals surface area contributed by atoms with Gasteiger partial charge in [-0.15, -0.1) is 0 Å². The molecule has 0 amide bonds. The van der Waals surface area contributed by atoms with Crippen LogP contribution < -0.4 is 0 Å². The van der Waals surface area contributed by atoms with Crippen LogP contribution >= 0.6 is 0 Å². The molecule has 0 heterocycles. The zero-order chi connectivity index (χ0) is 13.0. The molecule has 1 saturated carbocycles. The van der Waals surface area contributed by atoms with Crippen LogP contribution in [0.25, 0.3) is 0 Å². The number of hydrogen-bond acceptors (Lipinski definition) is 1. The minimum atomic E-state index is -0.739. The predicted octanol–water partition coefficient (Wildman–Crippen LogP) is 4.42. The van der Waals surface area contributed by atoms with E-state index in [-0.39, 0.29) is 5.92 Å². The Labute approximate surface area is 107 Å². The fourth-order valence-corrected chi connectivity index (χ4v) is 2.66. The lowest BCUT2D eigenvalue weighted by Gasteiger charge is -2.29. The molecular formula is C15H20F2O. The Bertz CT molecular complexity index is 384. The molecule has 0 radical (unpaired) electrons. The molecule has 3 heteroatoms. The van der Waals surface area contributed by atoms with Gasteiger partial charge in [-0.2, -0.15) is 0 Å². The van der Waals surface area contributed by atoms with Gasteiger partial charge in [0, 0.05) is 6.61 Å². The molecule has 1 aliphatic rings. The van der Waals surface area contributed by atoms with Crippen molar-refractivity contribution in [2.75, 3.05) is 6.61 Å². The van der Waals surface area contributed by atoms with Crippen LogP contribution in [0.1, 0.15) is 50.5 Å². The van der Waals surface area contributed by atoms with Gasteiger partial charge in [-0.3, -0.25) is 0 Å². The summed E-state index contributed by atoms with van der Waals surface area (Å²) in [6.45, 7) is 2.89.